The minimum absolute atomic E-state index is 0.0615. The number of rotatable bonds is 9. The summed E-state index contributed by atoms with van der Waals surface area (Å²) in [5, 5.41) is 3.55. The predicted molar refractivity (Wildman–Crippen MR) is 105 cm³/mol. The summed E-state index contributed by atoms with van der Waals surface area (Å²) in [6.45, 7) is 0.804. The van der Waals surface area contributed by atoms with Gasteiger partial charge in [0.1, 0.15) is 5.92 Å². The van der Waals surface area contributed by atoms with Gasteiger partial charge in [-0.25, -0.2) is 0 Å². The molecule has 0 heterocycles. The van der Waals surface area contributed by atoms with Gasteiger partial charge in [0.05, 0.1) is 26.1 Å². The van der Waals surface area contributed by atoms with E-state index in [0.717, 1.165) is 19.4 Å². The second-order valence-electron chi connectivity index (χ2n) is 6.21. The molecule has 1 N–H and O–H groups in total. The first kappa shape index (κ1) is 22.4. The lowest BCUT2D eigenvalue weighted by Gasteiger charge is -2.23. The Morgan fingerprint density at radius 2 is 1.57 bits per heavy atom. The summed E-state index contributed by atoms with van der Waals surface area (Å²) >= 11 is 5.91. The van der Waals surface area contributed by atoms with Crippen LogP contribution in [-0.2, 0) is 19.1 Å². The molecule has 1 aromatic carbocycles. The topological polar surface area (TPSA) is 81.7 Å². The molecular weight excluding hydrogens is 382 g/mol. The van der Waals surface area contributed by atoms with E-state index in [1.165, 1.54) is 20.6 Å². The van der Waals surface area contributed by atoms with E-state index in [-0.39, 0.29) is 23.5 Å². The zero-order valence-electron chi connectivity index (χ0n) is 16.1. The Labute approximate surface area is 170 Å². The van der Waals surface area contributed by atoms with Gasteiger partial charge in [-0.15, -0.1) is 0 Å². The number of benzene rings is 1. The molecule has 7 heteroatoms. The van der Waals surface area contributed by atoms with E-state index < -0.39 is 11.9 Å². The Balaban J connectivity index is 2.35. The van der Waals surface area contributed by atoms with E-state index in [4.69, 9.17) is 21.1 Å². The average Bonchev–Trinajstić information content (AvgIpc) is 3.09. The lowest BCUT2D eigenvalue weighted by atomic mass is 9.78. The normalized spacial score (nSPS) is 16.3. The van der Waals surface area contributed by atoms with Crippen LogP contribution in [-0.4, -0.2) is 45.5 Å². The molecule has 2 rings (SSSR count). The fourth-order valence-electron chi connectivity index (χ4n) is 3.03. The molecule has 0 amide bonds. The third kappa shape index (κ3) is 5.11. The fraction of sp³-hybridized carbons (Fsp3) is 0.333. The first-order valence-electron chi connectivity index (χ1n) is 8.88. The molecule has 1 aromatic rings. The molecular formula is C21H23ClNO5. The minimum Gasteiger partial charge on any atom is -0.469 e. The standard InChI is InChI=1S/C21H23ClNO5/c1-23-11-5-4-6-15-16(20(25)27-2)12-17(21(26)28-3)18(15)19(24)13-7-9-14(22)10-8-13/h7-10,12,23H,4-6,11H2,1-3H3. The van der Waals surface area contributed by atoms with Crippen molar-refractivity contribution in [3.05, 3.63) is 64.9 Å². The minimum atomic E-state index is -0.677. The first-order chi connectivity index (χ1) is 13.4. The molecule has 5 radical (unpaired) electrons. The molecule has 0 unspecified atom stereocenters. The van der Waals surface area contributed by atoms with E-state index in [0.29, 0.717) is 22.9 Å². The number of ether oxygens (including phenoxy) is 2. The number of hydrogen-bond donors (Lipinski definition) is 1. The number of esters is 2. The Hall–Kier alpha value is -1.92. The summed E-state index contributed by atoms with van der Waals surface area (Å²) in [6.07, 6.45) is 3.42. The van der Waals surface area contributed by atoms with Crippen LogP contribution in [0.25, 0.3) is 0 Å². The van der Waals surface area contributed by atoms with Crippen LogP contribution in [0.1, 0.15) is 29.6 Å². The van der Waals surface area contributed by atoms with Crippen molar-refractivity contribution in [2.24, 2.45) is 0 Å². The molecule has 0 aromatic heterocycles. The SMILES string of the molecule is CNCCCC[C]1[C](C(=O)OC)[CH][C](C(=O)OC)[C]1C(=O)c1ccc(Cl)cc1. The number of unbranched alkanes of at least 4 members (excludes halogenated alkanes) is 1. The Morgan fingerprint density at radius 3 is 2.14 bits per heavy atom. The molecule has 0 atom stereocenters. The molecule has 28 heavy (non-hydrogen) atoms. The predicted octanol–water partition coefficient (Wildman–Crippen LogP) is 2.77. The number of nitrogens with one attached hydrogen (secondary N) is 1. The van der Waals surface area contributed by atoms with Crippen LogP contribution in [0.2, 0.25) is 5.02 Å². The van der Waals surface area contributed by atoms with Crippen molar-refractivity contribution < 1.29 is 23.9 Å². The Morgan fingerprint density at radius 1 is 0.964 bits per heavy atom. The lowest BCUT2D eigenvalue weighted by molar-refractivity contribution is -0.137. The maximum absolute atomic E-state index is 13.2. The van der Waals surface area contributed by atoms with Crippen LogP contribution in [0.4, 0.5) is 0 Å². The van der Waals surface area contributed by atoms with E-state index in [1.807, 2.05) is 7.05 Å². The van der Waals surface area contributed by atoms with Gasteiger partial charge in [0.15, 0.2) is 5.78 Å². The largest absolute Gasteiger partial charge is 0.469 e. The van der Waals surface area contributed by atoms with Gasteiger partial charge in [0.25, 0.3) is 0 Å². The van der Waals surface area contributed by atoms with Crippen molar-refractivity contribution in [3.63, 3.8) is 0 Å². The van der Waals surface area contributed by atoms with Crippen LogP contribution in [0.5, 0.6) is 0 Å². The van der Waals surface area contributed by atoms with Crippen LogP contribution < -0.4 is 5.32 Å². The number of halogens is 1. The second-order valence-corrected chi connectivity index (χ2v) is 6.64. The third-order valence-corrected chi connectivity index (χ3v) is 4.68. The molecule has 149 valence electrons. The highest BCUT2D eigenvalue weighted by molar-refractivity contribution is 6.30. The van der Waals surface area contributed by atoms with Gasteiger partial charge < -0.3 is 14.8 Å². The summed E-state index contributed by atoms with van der Waals surface area (Å²) in [7, 11) is 4.35. The number of carbonyl (C=O) groups is 3. The van der Waals surface area contributed by atoms with Crippen molar-refractivity contribution in [1.82, 2.24) is 5.32 Å². The monoisotopic (exact) mass is 404 g/mol. The van der Waals surface area contributed by atoms with E-state index in [9.17, 15) is 14.4 Å². The highest BCUT2D eigenvalue weighted by Crippen LogP contribution is 2.51. The third-order valence-electron chi connectivity index (χ3n) is 4.43. The van der Waals surface area contributed by atoms with Gasteiger partial charge in [-0.05, 0) is 50.7 Å². The quantitative estimate of drug-likeness (QED) is 0.387. The van der Waals surface area contributed by atoms with Crippen molar-refractivity contribution in [1.29, 1.82) is 0 Å². The highest BCUT2D eigenvalue weighted by Gasteiger charge is 2.55. The number of hydrogen-bond acceptors (Lipinski definition) is 6. The van der Waals surface area contributed by atoms with Crippen molar-refractivity contribution in [2.45, 2.75) is 19.3 Å². The number of carbonyl (C=O) groups excluding carboxylic acids is 3. The van der Waals surface area contributed by atoms with Crippen molar-refractivity contribution >= 4 is 29.3 Å². The van der Waals surface area contributed by atoms with Crippen molar-refractivity contribution in [3.8, 4) is 0 Å². The molecule has 6 nitrogen and oxygen atoms in total. The molecule has 0 saturated heterocycles. The molecule has 1 saturated carbocycles. The lowest BCUT2D eigenvalue weighted by Crippen LogP contribution is -2.27. The maximum atomic E-state index is 13.2. The van der Waals surface area contributed by atoms with E-state index >= 15 is 0 Å². The van der Waals surface area contributed by atoms with Crippen LogP contribution in [0, 0.1) is 30.1 Å². The molecule has 1 aliphatic rings. The number of Topliss-reactive ketones (excluding diaryl/α,β-unsaturated/α-hetero) is 1. The molecule has 1 aliphatic carbocycles. The molecule has 0 aliphatic heterocycles. The maximum Gasteiger partial charge on any atom is 0.314 e. The molecule has 1 fully saturated rings. The smallest absolute Gasteiger partial charge is 0.314 e. The van der Waals surface area contributed by atoms with Crippen molar-refractivity contribution in [2.75, 3.05) is 27.8 Å². The number of ketones is 1. The van der Waals surface area contributed by atoms with Gasteiger partial charge in [-0.3, -0.25) is 14.4 Å². The van der Waals surface area contributed by atoms with Crippen LogP contribution in [0.3, 0.4) is 0 Å². The summed E-state index contributed by atoms with van der Waals surface area (Å²) in [4.78, 5) is 37.8. The Bertz CT molecular complexity index is 691. The second kappa shape index (κ2) is 10.6. The average molecular weight is 405 g/mol. The summed E-state index contributed by atoms with van der Waals surface area (Å²) in [5.41, 5.74) is 0.369. The fourth-order valence-corrected chi connectivity index (χ4v) is 3.16. The van der Waals surface area contributed by atoms with Gasteiger partial charge in [-0.1, -0.05) is 18.0 Å². The van der Waals surface area contributed by atoms with Gasteiger partial charge in [0, 0.05) is 22.9 Å². The zero-order valence-corrected chi connectivity index (χ0v) is 16.9. The van der Waals surface area contributed by atoms with Gasteiger partial charge >= 0.3 is 11.9 Å². The first-order valence-corrected chi connectivity index (χ1v) is 9.26. The Kier molecular flexibility index (Phi) is 8.45. The molecule has 0 bridgehead atoms. The van der Waals surface area contributed by atoms with Gasteiger partial charge in [0.2, 0.25) is 0 Å². The van der Waals surface area contributed by atoms with Crippen LogP contribution >= 0.6 is 11.6 Å². The zero-order chi connectivity index (χ0) is 20.7. The number of methoxy groups -OCH3 is 2. The van der Waals surface area contributed by atoms with Crippen LogP contribution in [0.15, 0.2) is 24.3 Å². The van der Waals surface area contributed by atoms with Gasteiger partial charge in [-0.2, -0.15) is 0 Å². The highest BCUT2D eigenvalue weighted by atomic mass is 35.5. The molecule has 0 spiro atoms. The summed E-state index contributed by atoms with van der Waals surface area (Å²) in [6, 6.07) is 6.37. The summed E-state index contributed by atoms with van der Waals surface area (Å²) < 4.78 is 9.69. The van der Waals surface area contributed by atoms with E-state index in [2.05, 4.69) is 5.32 Å². The van der Waals surface area contributed by atoms with E-state index in [1.54, 1.807) is 24.3 Å². The summed E-state index contributed by atoms with van der Waals surface area (Å²) in [5.74, 6) is -0.679.